The van der Waals surface area contributed by atoms with Crippen LogP contribution >= 0.6 is 0 Å². The predicted molar refractivity (Wildman–Crippen MR) is 145 cm³/mol. The highest BCUT2D eigenvalue weighted by Crippen LogP contribution is 2.50. The largest absolute Gasteiger partial charge is 0.385 e. The fraction of sp³-hybridized carbons (Fsp3) is 0.625. The summed E-state index contributed by atoms with van der Waals surface area (Å²) in [6.45, 7) is 24.0. The molecule has 0 spiro atoms. The first-order chi connectivity index (χ1) is 15.4. The van der Waals surface area contributed by atoms with E-state index in [4.69, 9.17) is 0 Å². The highest BCUT2D eigenvalue weighted by Gasteiger charge is 2.43. The van der Waals surface area contributed by atoms with Crippen LogP contribution in [-0.4, -0.2) is 5.11 Å². The Morgan fingerprint density at radius 3 is 2.03 bits per heavy atom. The normalized spacial score (nSPS) is 24.0. The molecule has 2 aliphatic rings. The van der Waals surface area contributed by atoms with E-state index in [1.807, 2.05) is 34.6 Å². The molecule has 0 heterocycles. The minimum atomic E-state index is -0.878. The summed E-state index contributed by atoms with van der Waals surface area (Å²) in [6.07, 6.45) is 4.67. The lowest BCUT2D eigenvalue weighted by Crippen LogP contribution is -2.38. The van der Waals surface area contributed by atoms with Crippen molar-refractivity contribution in [1.82, 2.24) is 0 Å². The van der Waals surface area contributed by atoms with Crippen molar-refractivity contribution >= 4 is 0 Å². The molecule has 1 N–H and O–H groups in total. The van der Waals surface area contributed by atoms with E-state index < -0.39 is 5.60 Å². The number of aliphatic hydroxyl groups is 1. The van der Waals surface area contributed by atoms with E-state index in [1.54, 1.807) is 0 Å². The van der Waals surface area contributed by atoms with Gasteiger partial charge in [0.15, 0.2) is 0 Å². The second-order valence-corrected chi connectivity index (χ2v) is 11.4. The molecule has 0 amide bonds. The first-order valence-electron chi connectivity index (χ1n) is 13.4. The predicted octanol–water partition coefficient (Wildman–Crippen LogP) is 8.97. The second kappa shape index (κ2) is 10.3. The Labute approximate surface area is 205 Å². The summed E-state index contributed by atoms with van der Waals surface area (Å²) in [5, 5.41) is 12.0. The molecule has 3 atom stereocenters. The van der Waals surface area contributed by atoms with Gasteiger partial charge in [0.05, 0.1) is 5.60 Å². The molecule has 0 saturated heterocycles. The van der Waals surface area contributed by atoms with Gasteiger partial charge in [0.1, 0.15) is 0 Å². The van der Waals surface area contributed by atoms with Crippen LogP contribution in [0.2, 0.25) is 0 Å². The summed E-state index contributed by atoms with van der Waals surface area (Å²) in [6, 6.07) is 13.7. The van der Waals surface area contributed by atoms with Gasteiger partial charge in [0.25, 0.3) is 0 Å². The highest BCUT2D eigenvalue weighted by atomic mass is 16.3. The molecule has 0 radical (unpaired) electrons. The molecule has 1 heteroatoms. The molecule has 0 aliphatic heterocycles. The van der Waals surface area contributed by atoms with Gasteiger partial charge in [0.2, 0.25) is 0 Å². The van der Waals surface area contributed by atoms with Crippen LogP contribution in [0.25, 0.3) is 0 Å². The lowest BCUT2D eigenvalue weighted by atomic mass is 9.61. The van der Waals surface area contributed by atoms with Crippen molar-refractivity contribution in [3.63, 3.8) is 0 Å². The third kappa shape index (κ3) is 5.24. The molecule has 33 heavy (non-hydrogen) atoms. The monoisotopic (exact) mass is 450 g/mol. The van der Waals surface area contributed by atoms with Gasteiger partial charge in [-0.15, -0.1) is 0 Å². The van der Waals surface area contributed by atoms with Crippen LogP contribution in [0, 0.1) is 12.8 Å². The molecule has 0 saturated carbocycles. The van der Waals surface area contributed by atoms with E-state index in [0.29, 0.717) is 5.92 Å². The van der Waals surface area contributed by atoms with Crippen LogP contribution in [0.5, 0.6) is 0 Å². The zero-order valence-electron chi connectivity index (χ0n) is 23.4. The molecule has 184 valence electrons. The van der Waals surface area contributed by atoms with Crippen molar-refractivity contribution in [3.05, 3.63) is 69.8 Å². The molecule has 3 unspecified atom stereocenters. The van der Waals surface area contributed by atoms with Gasteiger partial charge in [-0.3, -0.25) is 0 Å². The molecule has 0 bridgehead atoms. The van der Waals surface area contributed by atoms with Crippen molar-refractivity contribution in [2.75, 3.05) is 0 Å². The van der Waals surface area contributed by atoms with Crippen molar-refractivity contribution in [3.8, 4) is 0 Å². The maximum absolute atomic E-state index is 12.0. The van der Waals surface area contributed by atoms with E-state index in [0.717, 1.165) is 18.4 Å². The zero-order chi connectivity index (χ0) is 25.2. The van der Waals surface area contributed by atoms with Crippen molar-refractivity contribution in [2.24, 2.45) is 5.92 Å². The summed E-state index contributed by atoms with van der Waals surface area (Å²) in [5.74, 6) is 0.588. The second-order valence-electron chi connectivity index (χ2n) is 11.4. The third-order valence-corrected chi connectivity index (χ3v) is 8.11. The quantitative estimate of drug-likeness (QED) is 0.484. The van der Waals surface area contributed by atoms with Gasteiger partial charge in [-0.2, -0.15) is 0 Å². The Morgan fingerprint density at radius 2 is 1.42 bits per heavy atom. The maximum atomic E-state index is 12.0. The summed E-state index contributed by atoms with van der Waals surface area (Å²) < 4.78 is 0. The van der Waals surface area contributed by atoms with Crippen LogP contribution in [0.4, 0.5) is 0 Å². The van der Waals surface area contributed by atoms with Gasteiger partial charge >= 0.3 is 0 Å². The van der Waals surface area contributed by atoms with Gasteiger partial charge < -0.3 is 5.11 Å². The minimum Gasteiger partial charge on any atom is -0.385 e. The van der Waals surface area contributed by atoms with Gasteiger partial charge in [0, 0.05) is 5.92 Å². The summed E-state index contributed by atoms with van der Waals surface area (Å²) in [4.78, 5) is 0. The SMILES string of the molecule is CC.CC.Cc1ccc2c(c1)CCC(C)C2C(C)(O)c1ccc2c(c1)C(C)(C)CCC2(C)C. The fourth-order valence-electron chi connectivity index (χ4n) is 6.05. The van der Waals surface area contributed by atoms with E-state index in [2.05, 4.69) is 77.9 Å². The molecular formula is C32H50O. The number of hydrogen-bond acceptors (Lipinski definition) is 1. The van der Waals surface area contributed by atoms with E-state index >= 15 is 0 Å². The van der Waals surface area contributed by atoms with Crippen molar-refractivity contribution in [1.29, 1.82) is 0 Å². The maximum Gasteiger partial charge on any atom is 0.0939 e. The summed E-state index contributed by atoms with van der Waals surface area (Å²) >= 11 is 0. The highest BCUT2D eigenvalue weighted by molar-refractivity contribution is 5.47. The molecule has 2 aromatic carbocycles. The molecule has 1 nitrogen and oxygen atoms in total. The molecule has 4 rings (SSSR count). The van der Waals surface area contributed by atoms with Crippen LogP contribution < -0.4 is 0 Å². The number of aryl methyl sites for hydroxylation is 2. The lowest BCUT2D eigenvalue weighted by molar-refractivity contribution is 0.00295. The average molecular weight is 451 g/mol. The minimum absolute atomic E-state index is 0.129. The number of rotatable bonds is 2. The Hall–Kier alpha value is -1.60. The van der Waals surface area contributed by atoms with E-state index in [1.165, 1.54) is 40.7 Å². The van der Waals surface area contributed by atoms with E-state index in [-0.39, 0.29) is 16.7 Å². The molecule has 0 aromatic heterocycles. The molecule has 2 aliphatic carbocycles. The molecular weight excluding hydrogens is 400 g/mol. The number of hydrogen-bond donors (Lipinski definition) is 1. The molecule has 0 fully saturated rings. The first-order valence-corrected chi connectivity index (χ1v) is 13.4. The Bertz CT molecular complexity index is 932. The van der Waals surface area contributed by atoms with Gasteiger partial charge in [-0.05, 0) is 84.1 Å². The van der Waals surface area contributed by atoms with E-state index in [9.17, 15) is 5.11 Å². The van der Waals surface area contributed by atoms with Crippen molar-refractivity contribution in [2.45, 2.75) is 124 Å². The Morgan fingerprint density at radius 1 is 0.848 bits per heavy atom. The van der Waals surface area contributed by atoms with Gasteiger partial charge in [-0.1, -0.05) is 104 Å². The first kappa shape index (κ1) is 27.6. The smallest absolute Gasteiger partial charge is 0.0939 e. The summed E-state index contributed by atoms with van der Waals surface area (Å²) in [5.41, 5.74) is 7.53. The van der Waals surface area contributed by atoms with Crippen LogP contribution in [0.1, 0.15) is 128 Å². The zero-order valence-corrected chi connectivity index (χ0v) is 23.4. The Kier molecular flexibility index (Phi) is 8.67. The fourth-order valence-corrected chi connectivity index (χ4v) is 6.05. The average Bonchev–Trinajstić information content (AvgIpc) is 2.79. The standard InChI is InChI=1S/C28H38O.2C2H6/c1-18-8-12-22-20(16-18)10-9-19(2)25(22)28(7,29)21-11-13-23-24(17-21)27(5,6)15-14-26(23,3)4;2*1-2/h8,11-13,16-17,19,25,29H,9-10,14-15H2,1-7H3;2*1-2H3. The number of benzene rings is 2. The van der Waals surface area contributed by atoms with Crippen LogP contribution in [0.15, 0.2) is 36.4 Å². The van der Waals surface area contributed by atoms with Crippen molar-refractivity contribution < 1.29 is 5.11 Å². The third-order valence-electron chi connectivity index (χ3n) is 8.11. The topological polar surface area (TPSA) is 20.2 Å². The van der Waals surface area contributed by atoms with Crippen LogP contribution in [-0.2, 0) is 22.9 Å². The Balaban J connectivity index is 0.000000914. The number of fused-ring (bicyclic) bond motifs is 2. The summed E-state index contributed by atoms with van der Waals surface area (Å²) in [7, 11) is 0. The lowest BCUT2D eigenvalue weighted by Gasteiger charge is -2.45. The van der Waals surface area contributed by atoms with Gasteiger partial charge in [-0.25, -0.2) is 0 Å². The molecule has 2 aromatic rings. The van der Waals surface area contributed by atoms with Crippen LogP contribution in [0.3, 0.4) is 0 Å².